The molecule has 18 heavy (non-hydrogen) atoms. The van der Waals surface area contributed by atoms with Gasteiger partial charge in [-0.05, 0) is 18.2 Å². The third kappa shape index (κ3) is 2.26. The molecule has 0 radical (unpaired) electrons. The molecule has 0 aliphatic heterocycles. The van der Waals surface area contributed by atoms with Crippen molar-refractivity contribution in [3.8, 4) is 5.69 Å². The van der Waals surface area contributed by atoms with E-state index in [1.165, 1.54) is 18.2 Å². The third-order valence-electron chi connectivity index (χ3n) is 2.21. The molecule has 0 atom stereocenters. The first-order valence-electron chi connectivity index (χ1n) is 4.67. The maximum atomic E-state index is 12.8. The number of nitrogens with zero attached hydrogens (tertiary/aromatic N) is 2. The third-order valence-corrected chi connectivity index (χ3v) is 2.95. The first kappa shape index (κ1) is 13.0. The van der Waals surface area contributed by atoms with Gasteiger partial charge in [0.05, 0.1) is 27.6 Å². The van der Waals surface area contributed by atoms with Crippen molar-refractivity contribution in [2.24, 2.45) is 0 Å². The number of halogens is 5. The van der Waals surface area contributed by atoms with Gasteiger partial charge in [-0.2, -0.15) is 18.3 Å². The second kappa shape index (κ2) is 4.37. The number of nitrogen functional groups attached to an aromatic ring is 1. The highest BCUT2D eigenvalue weighted by Crippen LogP contribution is 2.35. The Balaban J connectivity index is 2.61. The van der Waals surface area contributed by atoms with E-state index in [0.717, 1.165) is 6.20 Å². The van der Waals surface area contributed by atoms with E-state index in [-0.39, 0.29) is 15.7 Å². The molecule has 0 saturated heterocycles. The lowest BCUT2D eigenvalue weighted by molar-refractivity contribution is -0.142. The summed E-state index contributed by atoms with van der Waals surface area (Å²) in [6.45, 7) is 0. The molecule has 0 spiro atoms. The van der Waals surface area contributed by atoms with Crippen LogP contribution in [0.3, 0.4) is 0 Å². The van der Waals surface area contributed by atoms with Crippen molar-refractivity contribution in [3.63, 3.8) is 0 Å². The van der Waals surface area contributed by atoms with Gasteiger partial charge in [0.1, 0.15) is 0 Å². The van der Waals surface area contributed by atoms with Gasteiger partial charge in [0.15, 0.2) is 5.69 Å². The molecule has 1 aromatic carbocycles. The topological polar surface area (TPSA) is 43.8 Å². The van der Waals surface area contributed by atoms with Gasteiger partial charge in [-0.25, -0.2) is 4.68 Å². The Morgan fingerprint density at radius 2 is 1.83 bits per heavy atom. The smallest absolute Gasteiger partial charge is 0.396 e. The molecule has 0 fully saturated rings. The lowest BCUT2D eigenvalue weighted by Crippen LogP contribution is -2.15. The summed E-state index contributed by atoms with van der Waals surface area (Å²) in [4.78, 5) is 0. The molecule has 0 amide bonds. The van der Waals surface area contributed by atoms with Gasteiger partial charge in [-0.15, -0.1) is 0 Å². The first-order chi connectivity index (χ1) is 8.30. The van der Waals surface area contributed by atoms with Crippen LogP contribution < -0.4 is 5.73 Å². The van der Waals surface area contributed by atoms with E-state index >= 15 is 0 Å². The minimum absolute atomic E-state index is 0.133. The van der Waals surface area contributed by atoms with E-state index in [4.69, 9.17) is 28.9 Å². The van der Waals surface area contributed by atoms with Crippen molar-refractivity contribution in [1.29, 1.82) is 0 Å². The van der Waals surface area contributed by atoms with Crippen LogP contribution in [-0.4, -0.2) is 9.78 Å². The van der Waals surface area contributed by atoms with Gasteiger partial charge in [0, 0.05) is 0 Å². The summed E-state index contributed by atoms with van der Waals surface area (Å²) in [6.07, 6.45) is -3.67. The fourth-order valence-corrected chi connectivity index (χ4v) is 1.75. The fraction of sp³-hybridized carbons (Fsp3) is 0.100. The SMILES string of the molecule is Nc1cnn(-c2ccc(Cl)c(Cl)c2)c1C(F)(F)F. The van der Waals surface area contributed by atoms with Gasteiger partial charge < -0.3 is 5.73 Å². The van der Waals surface area contributed by atoms with Crippen LogP contribution in [0.4, 0.5) is 18.9 Å². The molecule has 0 saturated carbocycles. The molecule has 2 aromatic rings. The Hall–Kier alpha value is -1.40. The molecule has 8 heteroatoms. The highest BCUT2D eigenvalue weighted by molar-refractivity contribution is 6.42. The molecule has 3 nitrogen and oxygen atoms in total. The summed E-state index contributed by atoms with van der Waals surface area (Å²) in [7, 11) is 0. The van der Waals surface area contributed by atoms with E-state index < -0.39 is 17.6 Å². The number of hydrogen-bond donors (Lipinski definition) is 1. The minimum atomic E-state index is -4.60. The van der Waals surface area contributed by atoms with E-state index in [1.54, 1.807) is 0 Å². The van der Waals surface area contributed by atoms with Crippen molar-refractivity contribution < 1.29 is 13.2 Å². The average molecular weight is 296 g/mol. The molecule has 1 aromatic heterocycles. The predicted octanol–water partition coefficient (Wildman–Crippen LogP) is 3.78. The molecule has 0 unspecified atom stereocenters. The molecule has 0 bridgehead atoms. The highest BCUT2D eigenvalue weighted by atomic mass is 35.5. The molecule has 2 rings (SSSR count). The zero-order valence-electron chi connectivity index (χ0n) is 8.67. The largest absolute Gasteiger partial charge is 0.435 e. The molecule has 1 heterocycles. The van der Waals surface area contributed by atoms with Crippen LogP contribution in [0.5, 0.6) is 0 Å². The molecule has 0 aliphatic carbocycles. The van der Waals surface area contributed by atoms with Crippen LogP contribution in [-0.2, 0) is 6.18 Å². The number of anilines is 1. The number of benzene rings is 1. The monoisotopic (exact) mass is 295 g/mol. The highest BCUT2D eigenvalue weighted by Gasteiger charge is 2.38. The maximum absolute atomic E-state index is 12.8. The molecule has 96 valence electrons. The Bertz CT molecular complexity index is 593. The van der Waals surface area contributed by atoms with Crippen LogP contribution in [0, 0.1) is 0 Å². The number of aromatic nitrogens is 2. The minimum Gasteiger partial charge on any atom is -0.396 e. The summed E-state index contributed by atoms with van der Waals surface area (Å²) in [5.41, 5.74) is 3.91. The Morgan fingerprint density at radius 3 is 2.39 bits per heavy atom. The van der Waals surface area contributed by atoms with Gasteiger partial charge in [-0.3, -0.25) is 0 Å². The number of rotatable bonds is 1. The van der Waals surface area contributed by atoms with Gasteiger partial charge in [-0.1, -0.05) is 23.2 Å². The normalized spacial score (nSPS) is 11.8. The van der Waals surface area contributed by atoms with Crippen molar-refractivity contribution in [1.82, 2.24) is 9.78 Å². The van der Waals surface area contributed by atoms with E-state index in [0.29, 0.717) is 4.68 Å². The van der Waals surface area contributed by atoms with Crippen LogP contribution in [0.15, 0.2) is 24.4 Å². The van der Waals surface area contributed by atoms with Crippen LogP contribution in [0.25, 0.3) is 5.69 Å². The van der Waals surface area contributed by atoms with E-state index in [9.17, 15) is 13.2 Å². The molecule has 0 aliphatic rings. The zero-order chi connectivity index (χ0) is 13.5. The summed E-state index contributed by atoms with van der Waals surface area (Å²) in [6, 6.07) is 4.04. The Labute approximate surface area is 110 Å². The number of alkyl halides is 3. The number of nitrogens with two attached hydrogens (primary N) is 1. The second-order valence-electron chi connectivity index (χ2n) is 3.46. The van der Waals surface area contributed by atoms with Crippen LogP contribution >= 0.6 is 23.2 Å². The quantitative estimate of drug-likeness (QED) is 0.870. The van der Waals surface area contributed by atoms with E-state index in [2.05, 4.69) is 5.10 Å². The maximum Gasteiger partial charge on any atom is 0.435 e. The summed E-state index contributed by atoms with van der Waals surface area (Å²) in [5.74, 6) is 0. The van der Waals surface area contributed by atoms with Crippen molar-refractivity contribution >= 4 is 28.9 Å². The molecular formula is C10H6Cl2F3N3. The van der Waals surface area contributed by atoms with Gasteiger partial charge in [0.2, 0.25) is 0 Å². The van der Waals surface area contributed by atoms with Crippen molar-refractivity contribution in [2.45, 2.75) is 6.18 Å². The number of hydrogen-bond acceptors (Lipinski definition) is 2. The Kier molecular flexibility index (Phi) is 3.16. The predicted molar refractivity (Wildman–Crippen MR) is 63.0 cm³/mol. The van der Waals surface area contributed by atoms with Crippen molar-refractivity contribution in [2.75, 3.05) is 5.73 Å². The summed E-state index contributed by atoms with van der Waals surface area (Å²) < 4.78 is 39.1. The molecule has 2 N–H and O–H groups in total. The fourth-order valence-electron chi connectivity index (χ4n) is 1.46. The van der Waals surface area contributed by atoms with Crippen LogP contribution in [0.2, 0.25) is 10.0 Å². The van der Waals surface area contributed by atoms with Crippen LogP contribution in [0.1, 0.15) is 5.69 Å². The lowest BCUT2D eigenvalue weighted by Gasteiger charge is -2.11. The summed E-state index contributed by atoms with van der Waals surface area (Å²) >= 11 is 11.4. The molecular weight excluding hydrogens is 290 g/mol. The van der Waals surface area contributed by atoms with Gasteiger partial charge >= 0.3 is 6.18 Å². The average Bonchev–Trinajstić information content (AvgIpc) is 2.64. The van der Waals surface area contributed by atoms with E-state index in [1.807, 2.05) is 0 Å². The lowest BCUT2D eigenvalue weighted by atomic mass is 10.3. The van der Waals surface area contributed by atoms with Gasteiger partial charge in [0.25, 0.3) is 0 Å². The summed E-state index contributed by atoms with van der Waals surface area (Å²) in [5, 5.41) is 3.97. The first-order valence-corrected chi connectivity index (χ1v) is 5.42. The second-order valence-corrected chi connectivity index (χ2v) is 4.27. The Morgan fingerprint density at radius 1 is 1.17 bits per heavy atom. The standard InChI is InChI=1S/C10H6Cl2F3N3/c11-6-2-1-5(3-7(6)12)18-9(10(13,14)15)8(16)4-17-18/h1-4H,16H2. The van der Waals surface area contributed by atoms with Crippen molar-refractivity contribution in [3.05, 3.63) is 40.1 Å². The zero-order valence-corrected chi connectivity index (χ0v) is 10.2.